The maximum Gasteiger partial charge on any atom is 0.119 e. The topological polar surface area (TPSA) is 57.2 Å². The van der Waals surface area contributed by atoms with Crippen molar-refractivity contribution in [2.45, 2.75) is 110 Å². The lowest BCUT2D eigenvalue weighted by molar-refractivity contribution is -0.282. The number of unbranched alkanes of at least 4 members (excludes halogenated alkanes) is 10. The first-order valence-corrected chi connectivity index (χ1v) is 13.4. The third-order valence-corrected chi connectivity index (χ3v) is 5.96. The molecule has 5 nitrogen and oxygen atoms in total. The smallest absolute Gasteiger partial charge is 0.119 e. The second-order valence-electron chi connectivity index (χ2n) is 9.08. The fourth-order valence-corrected chi connectivity index (χ4v) is 3.78. The highest BCUT2D eigenvalue weighted by Gasteiger charge is 2.08. The maximum absolute atomic E-state index is 9.11. The average Bonchev–Trinajstić information content (AvgIpc) is 2.83. The standard InChI is InChI=1S/C28H50O5/c1-3-4-5-13-21-30-24-25-31-23-20-28(33-29)15-12-10-8-6-7-9-11-14-22-32-27-18-16-26(2)17-19-27/h16-19,28-29H,3-15,20-25H2,1-2H3. The van der Waals surface area contributed by atoms with Gasteiger partial charge in [-0.2, -0.15) is 0 Å². The Morgan fingerprint density at radius 2 is 1.21 bits per heavy atom. The van der Waals surface area contributed by atoms with Gasteiger partial charge in [-0.3, -0.25) is 5.26 Å². The van der Waals surface area contributed by atoms with Crippen molar-refractivity contribution in [3.05, 3.63) is 29.8 Å². The minimum absolute atomic E-state index is 0.117. The van der Waals surface area contributed by atoms with Crippen LogP contribution in [0.5, 0.6) is 5.75 Å². The zero-order chi connectivity index (χ0) is 23.8. The molecule has 5 heteroatoms. The molecule has 1 aromatic rings. The van der Waals surface area contributed by atoms with E-state index in [0.29, 0.717) is 19.8 Å². The summed E-state index contributed by atoms with van der Waals surface area (Å²) in [6, 6.07) is 8.26. The lowest BCUT2D eigenvalue weighted by atomic mass is 10.0. The van der Waals surface area contributed by atoms with E-state index in [1.165, 1.54) is 63.4 Å². The van der Waals surface area contributed by atoms with Crippen molar-refractivity contribution < 1.29 is 24.4 Å². The Balaban J connectivity index is 1.81. The number of benzene rings is 1. The zero-order valence-electron chi connectivity index (χ0n) is 21.4. The van der Waals surface area contributed by atoms with E-state index in [2.05, 4.69) is 30.9 Å². The third-order valence-electron chi connectivity index (χ3n) is 5.96. The van der Waals surface area contributed by atoms with Gasteiger partial charge in [-0.25, -0.2) is 4.89 Å². The summed E-state index contributed by atoms with van der Waals surface area (Å²) in [7, 11) is 0. The SMILES string of the molecule is CCCCCCOCCOCCC(CCCCCCCCCCOc1ccc(C)cc1)OO. The molecular weight excluding hydrogens is 416 g/mol. The molecule has 1 unspecified atom stereocenters. The minimum atomic E-state index is -0.117. The monoisotopic (exact) mass is 466 g/mol. The van der Waals surface area contributed by atoms with Crippen LogP contribution in [-0.4, -0.2) is 44.4 Å². The van der Waals surface area contributed by atoms with E-state index in [0.717, 1.165) is 51.1 Å². The average molecular weight is 467 g/mol. The van der Waals surface area contributed by atoms with Crippen LogP contribution in [0, 0.1) is 6.92 Å². The fourth-order valence-electron chi connectivity index (χ4n) is 3.78. The lowest BCUT2D eigenvalue weighted by Crippen LogP contribution is -2.15. The number of rotatable bonds is 24. The Morgan fingerprint density at radius 1 is 0.636 bits per heavy atom. The van der Waals surface area contributed by atoms with Crippen LogP contribution >= 0.6 is 0 Å². The molecule has 0 spiro atoms. The molecule has 0 saturated carbocycles. The van der Waals surface area contributed by atoms with Gasteiger partial charge in [0, 0.05) is 19.6 Å². The van der Waals surface area contributed by atoms with E-state index >= 15 is 0 Å². The van der Waals surface area contributed by atoms with Gasteiger partial charge in [0.15, 0.2) is 0 Å². The Kier molecular flexibility index (Phi) is 20.5. The molecule has 1 aromatic carbocycles. The second-order valence-corrected chi connectivity index (χ2v) is 9.08. The third kappa shape index (κ3) is 18.9. The predicted octanol–water partition coefficient (Wildman–Crippen LogP) is 7.75. The maximum atomic E-state index is 9.11. The van der Waals surface area contributed by atoms with Crippen molar-refractivity contribution in [1.82, 2.24) is 0 Å². The molecule has 0 aliphatic rings. The van der Waals surface area contributed by atoms with E-state index in [4.69, 9.17) is 19.5 Å². The van der Waals surface area contributed by atoms with Crippen LogP contribution in [0.4, 0.5) is 0 Å². The first-order valence-electron chi connectivity index (χ1n) is 13.4. The Bertz CT molecular complexity index is 520. The summed E-state index contributed by atoms with van der Waals surface area (Å²) >= 11 is 0. The van der Waals surface area contributed by atoms with Gasteiger partial charge in [0.25, 0.3) is 0 Å². The van der Waals surface area contributed by atoms with E-state index in [1.807, 2.05) is 12.1 Å². The Hall–Kier alpha value is -1.14. The van der Waals surface area contributed by atoms with Crippen LogP contribution in [-0.2, 0) is 14.4 Å². The van der Waals surface area contributed by atoms with E-state index < -0.39 is 0 Å². The molecule has 1 atom stereocenters. The largest absolute Gasteiger partial charge is 0.494 e. The van der Waals surface area contributed by atoms with Gasteiger partial charge < -0.3 is 14.2 Å². The molecule has 0 aliphatic heterocycles. The number of hydrogen-bond donors (Lipinski definition) is 1. The molecule has 192 valence electrons. The van der Waals surface area contributed by atoms with Crippen LogP contribution in [0.15, 0.2) is 24.3 Å². The van der Waals surface area contributed by atoms with Crippen molar-refractivity contribution in [2.75, 3.05) is 33.0 Å². The van der Waals surface area contributed by atoms with Crippen molar-refractivity contribution in [3.63, 3.8) is 0 Å². The lowest BCUT2D eigenvalue weighted by Gasteiger charge is -2.13. The predicted molar refractivity (Wildman–Crippen MR) is 136 cm³/mol. The van der Waals surface area contributed by atoms with Gasteiger partial charge in [0.05, 0.1) is 25.9 Å². The summed E-state index contributed by atoms with van der Waals surface area (Å²) in [5.41, 5.74) is 1.26. The highest BCUT2D eigenvalue weighted by molar-refractivity contribution is 5.26. The van der Waals surface area contributed by atoms with Crippen molar-refractivity contribution in [1.29, 1.82) is 0 Å². The molecule has 0 radical (unpaired) electrons. The zero-order valence-corrected chi connectivity index (χ0v) is 21.4. The summed E-state index contributed by atoms with van der Waals surface area (Å²) < 4.78 is 16.9. The van der Waals surface area contributed by atoms with Crippen molar-refractivity contribution >= 4 is 0 Å². The van der Waals surface area contributed by atoms with Crippen molar-refractivity contribution in [3.8, 4) is 5.75 Å². The molecule has 0 aliphatic carbocycles. The number of ether oxygens (including phenoxy) is 3. The first-order chi connectivity index (χ1) is 16.3. The van der Waals surface area contributed by atoms with Gasteiger partial charge >= 0.3 is 0 Å². The molecule has 0 fully saturated rings. The van der Waals surface area contributed by atoms with E-state index in [9.17, 15) is 0 Å². The minimum Gasteiger partial charge on any atom is -0.494 e. The molecule has 33 heavy (non-hydrogen) atoms. The number of hydrogen-bond acceptors (Lipinski definition) is 5. The molecular formula is C28H50O5. The fraction of sp³-hybridized carbons (Fsp3) is 0.786. The normalized spacial score (nSPS) is 12.2. The van der Waals surface area contributed by atoms with Gasteiger partial charge in [-0.05, 0) is 38.3 Å². The summed E-state index contributed by atoms with van der Waals surface area (Å²) in [6.45, 7) is 7.81. The Morgan fingerprint density at radius 3 is 1.88 bits per heavy atom. The quantitative estimate of drug-likeness (QED) is 0.0959. The van der Waals surface area contributed by atoms with Crippen LogP contribution in [0.1, 0.15) is 102 Å². The van der Waals surface area contributed by atoms with Crippen LogP contribution in [0.3, 0.4) is 0 Å². The molecule has 0 bridgehead atoms. The molecule has 1 N–H and O–H groups in total. The van der Waals surface area contributed by atoms with Gasteiger partial charge in [-0.1, -0.05) is 88.8 Å². The van der Waals surface area contributed by atoms with Gasteiger partial charge in [0.2, 0.25) is 0 Å². The molecule has 0 heterocycles. The van der Waals surface area contributed by atoms with E-state index in [1.54, 1.807) is 0 Å². The van der Waals surface area contributed by atoms with Gasteiger partial charge in [0.1, 0.15) is 5.75 Å². The summed E-state index contributed by atoms with van der Waals surface area (Å²) in [5.74, 6) is 0.972. The molecule has 1 rings (SSSR count). The highest BCUT2D eigenvalue weighted by Crippen LogP contribution is 2.15. The Labute approximate surface area is 203 Å². The van der Waals surface area contributed by atoms with Crippen LogP contribution in [0.25, 0.3) is 0 Å². The van der Waals surface area contributed by atoms with E-state index in [-0.39, 0.29) is 6.10 Å². The van der Waals surface area contributed by atoms with Gasteiger partial charge in [-0.15, -0.1) is 0 Å². The second kappa shape index (κ2) is 22.6. The van der Waals surface area contributed by atoms with Crippen LogP contribution < -0.4 is 4.74 Å². The molecule has 0 saturated heterocycles. The summed E-state index contributed by atoms with van der Waals surface area (Å²) in [5, 5.41) is 9.11. The highest BCUT2D eigenvalue weighted by atomic mass is 17.1. The molecule has 0 aromatic heterocycles. The van der Waals surface area contributed by atoms with Crippen molar-refractivity contribution in [2.24, 2.45) is 0 Å². The number of aryl methyl sites for hydroxylation is 1. The molecule has 0 amide bonds. The summed E-state index contributed by atoms with van der Waals surface area (Å²) in [4.78, 5) is 4.63. The first kappa shape index (κ1) is 29.9. The van der Waals surface area contributed by atoms with Crippen LogP contribution in [0.2, 0.25) is 0 Å². The summed E-state index contributed by atoms with van der Waals surface area (Å²) in [6.07, 6.45) is 16.2.